The lowest BCUT2D eigenvalue weighted by atomic mass is 9.89. The third-order valence-electron chi connectivity index (χ3n) is 3.50. The van der Waals surface area contributed by atoms with Gasteiger partial charge in [0.25, 0.3) is 0 Å². The van der Waals surface area contributed by atoms with Crippen molar-refractivity contribution in [2.24, 2.45) is 11.7 Å². The number of nitrogen functional groups attached to an aromatic ring is 1. The van der Waals surface area contributed by atoms with Gasteiger partial charge in [-0.2, -0.15) is 0 Å². The van der Waals surface area contributed by atoms with Gasteiger partial charge in [-0.05, 0) is 59.7 Å². The lowest BCUT2D eigenvalue weighted by molar-refractivity contribution is 0.135. The Hall–Kier alpha value is -1.03. The average molecular weight is 311 g/mol. The molecule has 0 saturated heterocycles. The largest absolute Gasteiger partial charge is 0.490 e. The van der Waals surface area contributed by atoms with Crippen LogP contribution in [0.1, 0.15) is 38.2 Å². The van der Waals surface area contributed by atoms with Crippen LogP contribution in [0.4, 0.5) is 0 Å². The molecule has 0 atom stereocenters. The predicted molar refractivity (Wildman–Crippen MR) is 77.2 cm³/mol. The van der Waals surface area contributed by atoms with Crippen molar-refractivity contribution < 1.29 is 4.74 Å². The maximum Gasteiger partial charge on any atom is 0.131 e. The molecular formula is C14H19BrN2O. The van der Waals surface area contributed by atoms with Crippen LogP contribution in [0.5, 0.6) is 5.75 Å². The minimum Gasteiger partial charge on any atom is -0.490 e. The van der Waals surface area contributed by atoms with E-state index in [9.17, 15) is 0 Å². The van der Waals surface area contributed by atoms with Crippen LogP contribution in [0.25, 0.3) is 0 Å². The first-order valence-corrected chi connectivity index (χ1v) is 7.16. The highest BCUT2D eigenvalue weighted by atomic mass is 79.9. The van der Waals surface area contributed by atoms with Crippen LogP contribution in [0.3, 0.4) is 0 Å². The summed E-state index contributed by atoms with van der Waals surface area (Å²) in [6, 6.07) is 5.68. The minimum absolute atomic E-state index is 0.0432. The summed E-state index contributed by atoms with van der Waals surface area (Å²) in [6.07, 6.45) is 4.87. The normalized spacial score (nSPS) is 23.7. The first kappa shape index (κ1) is 13.4. The Bertz CT molecular complexity index is 439. The molecule has 1 saturated carbocycles. The molecule has 0 heterocycles. The van der Waals surface area contributed by atoms with E-state index in [2.05, 4.69) is 22.9 Å². The van der Waals surface area contributed by atoms with E-state index in [1.165, 1.54) is 12.8 Å². The maximum absolute atomic E-state index is 7.63. The van der Waals surface area contributed by atoms with Gasteiger partial charge in [-0.15, -0.1) is 0 Å². The highest BCUT2D eigenvalue weighted by Gasteiger charge is 2.21. The maximum atomic E-state index is 7.63. The summed E-state index contributed by atoms with van der Waals surface area (Å²) in [5, 5.41) is 7.63. The van der Waals surface area contributed by atoms with Crippen LogP contribution in [0.15, 0.2) is 22.7 Å². The second-order valence-electron chi connectivity index (χ2n) is 5.03. The van der Waals surface area contributed by atoms with E-state index in [-0.39, 0.29) is 11.9 Å². The number of benzene rings is 1. The fraction of sp³-hybridized carbons (Fsp3) is 0.500. The molecule has 0 bridgehead atoms. The van der Waals surface area contributed by atoms with E-state index in [4.69, 9.17) is 15.9 Å². The molecule has 2 rings (SSSR count). The molecule has 3 nitrogen and oxygen atoms in total. The Morgan fingerprint density at radius 2 is 2.00 bits per heavy atom. The van der Waals surface area contributed by atoms with Gasteiger partial charge in [-0.25, -0.2) is 0 Å². The molecule has 1 aliphatic carbocycles. The topological polar surface area (TPSA) is 59.1 Å². The van der Waals surface area contributed by atoms with Gasteiger partial charge in [0.15, 0.2) is 0 Å². The van der Waals surface area contributed by atoms with Crippen molar-refractivity contribution in [3.05, 3.63) is 28.2 Å². The SMILES string of the molecule is CC1CCC(Oc2cccc(Br)c2C(=N)N)CC1. The summed E-state index contributed by atoms with van der Waals surface area (Å²) in [6.45, 7) is 2.29. The third-order valence-corrected chi connectivity index (χ3v) is 4.16. The molecule has 1 aromatic rings. The molecule has 1 fully saturated rings. The van der Waals surface area contributed by atoms with Gasteiger partial charge in [0.1, 0.15) is 11.6 Å². The molecule has 0 amide bonds. The molecule has 18 heavy (non-hydrogen) atoms. The zero-order valence-electron chi connectivity index (χ0n) is 10.6. The second-order valence-corrected chi connectivity index (χ2v) is 5.88. The Morgan fingerprint density at radius 1 is 1.33 bits per heavy atom. The van der Waals surface area contributed by atoms with E-state index in [1.807, 2.05) is 18.2 Å². The Labute approximate surface area is 116 Å². The van der Waals surface area contributed by atoms with Gasteiger partial charge < -0.3 is 10.5 Å². The van der Waals surface area contributed by atoms with Gasteiger partial charge in [-0.1, -0.05) is 13.0 Å². The summed E-state index contributed by atoms with van der Waals surface area (Å²) in [7, 11) is 0. The third kappa shape index (κ3) is 3.05. The van der Waals surface area contributed by atoms with Crippen LogP contribution < -0.4 is 10.5 Å². The van der Waals surface area contributed by atoms with Gasteiger partial charge in [0.05, 0.1) is 11.7 Å². The monoisotopic (exact) mass is 310 g/mol. The van der Waals surface area contributed by atoms with Gasteiger partial charge >= 0.3 is 0 Å². The highest BCUT2D eigenvalue weighted by molar-refractivity contribution is 9.10. The molecular weight excluding hydrogens is 292 g/mol. The smallest absolute Gasteiger partial charge is 0.131 e. The van der Waals surface area contributed by atoms with Crippen LogP contribution >= 0.6 is 15.9 Å². The molecule has 0 spiro atoms. The molecule has 4 heteroatoms. The van der Waals surface area contributed by atoms with Crippen molar-refractivity contribution in [1.82, 2.24) is 0 Å². The first-order chi connectivity index (χ1) is 8.58. The number of ether oxygens (including phenoxy) is 1. The number of hydrogen-bond acceptors (Lipinski definition) is 2. The number of halogens is 1. The minimum atomic E-state index is 0.0432. The lowest BCUT2D eigenvalue weighted by Crippen LogP contribution is -2.24. The first-order valence-electron chi connectivity index (χ1n) is 6.37. The Kier molecular flexibility index (Phi) is 4.27. The average Bonchev–Trinajstić information content (AvgIpc) is 2.32. The predicted octanol–water partition coefficient (Wildman–Crippen LogP) is 3.69. The van der Waals surface area contributed by atoms with Crippen molar-refractivity contribution in [3.8, 4) is 5.75 Å². The molecule has 0 aromatic heterocycles. The Morgan fingerprint density at radius 3 is 2.61 bits per heavy atom. The molecule has 0 aliphatic heterocycles. The van der Waals surface area contributed by atoms with E-state index in [0.29, 0.717) is 5.56 Å². The number of rotatable bonds is 3. The number of nitrogens with one attached hydrogen (secondary N) is 1. The van der Waals surface area contributed by atoms with E-state index in [0.717, 1.165) is 29.0 Å². The summed E-state index contributed by atoms with van der Waals surface area (Å²) in [5.41, 5.74) is 6.28. The second kappa shape index (κ2) is 5.74. The van der Waals surface area contributed by atoms with Gasteiger partial charge in [0, 0.05) is 4.47 Å². The van der Waals surface area contributed by atoms with Crippen LogP contribution in [0.2, 0.25) is 0 Å². The summed E-state index contributed by atoms with van der Waals surface area (Å²) < 4.78 is 6.84. The van der Waals surface area contributed by atoms with Crippen LogP contribution in [-0.4, -0.2) is 11.9 Å². The van der Waals surface area contributed by atoms with Crippen molar-refractivity contribution in [2.75, 3.05) is 0 Å². The number of amidine groups is 1. The van der Waals surface area contributed by atoms with E-state index >= 15 is 0 Å². The van der Waals surface area contributed by atoms with Crippen molar-refractivity contribution in [2.45, 2.75) is 38.7 Å². The number of nitrogens with two attached hydrogens (primary N) is 1. The molecule has 0 unspecified atom stereocenters. The molecule has 1 aromatic carbocycles. The molecule has 1 aliphatic rings. The van der Waals surface area contributed by atoms with Crippen molar-refractivity contribution in [1.29, 1.82) is 5.41 Å². The highest BCUT2D eigenvalue weighted by Crippen LogP contribution is 2.31. The van der Waals surface area contributed by atoms with E-state index in [1.54, 1.807) is 0 Å². The molecule has 3 N–H and O–H groups in total. The summed E-state index contributed by atoms with van der Waals surface area (Å²) >= 11 is 3.42. The van der Waals surface area contributed by atoms with Crippen LogP contribution in [0, 0.1) is 11.3 Å². The Balaban J connectivity index is 2.14. The van der Waals surface area contributed by atoms with Crippen molar-refractivity contribution in [3.63, 3.8) is 0 Å². The number of hydrogen-bond donors (Lipinski definition) is 2. The summed E-state index contributed by atoms with van der Waals surface area (Å²) in [5.74, 6) is 1.57. The molecule has 98 valence electrons. The fourth-order valence-electron chi connectivity index (χ4n) is 2.39. The standard InChI is InChI=1S/C14H19BrN2O/c1-9-5-7-10(8-6-9)18-12-4-2-3-11(15)13(12)14(16)17/h2-4,9-10H,5-8H2,1H3,(H3,16,17). The van der Waals surface area contributed by atoms with E-state index < -0.39 is 0 Å². The van der Waals surface area contributed by atoms with Gasteiger partial charge in [-0.3, -0.25) is 5.41 Å². The zero-order chi connectivity index (χ0) is 13.1. The zero-order valence-corrected chi connectivity index (χ0v) is 12.2. The fourth-order valence-corrected chi connectivity index (χ4v) is 2.95. The van der Waals surface area contributed by atoms with Gasteiger partial charge in [0.2, 0.25) is 0 Å². The lowest BCUT2D eigenvalue weighted by Gasteiger charge is -2.27. The van der Waals surface area contributed by atoms with Crippen LogP contribution in [-0.2, 0) is 0 Å². The quantitative estimate of drug-likeness (QED) is 0.660. The van der Waals surface area contributed by atoms with Crippen molar-refractivity contribution >= 4 is 21.8 Å². The summed E-state index contributed by atoms with van der Waals surface area (Å²) in [4.78, 5) is 0. The molecule has 0 radical (unpaired) electrons.